The molecule has 0 spiro atoms. The lowest BCUT2D eigenvalue weighted by molar-refractivity contribution is -0.118. The highest BCUT2D eigenvalue weighted by Gasteiger charge is 2.25. The molecule has 1 amide bonds. The Kier molecular flexibility index (Phi) is 4.99. The minimum Gasteiger partial charge on any atom is -0.495 e. The second kappa shape index (κ2) is 7.03. The number of carbonyl (C=O) groups is 1. The van der Waals surface area contributed by atoms with Crippen LogP contribution in [-0.2, 0) is 19.4 Å². The van der Waals surface area contributed by atoms with Crippen molar-refractivity contribution in [3.8, 4) is 0 Å². The summed E-state index contributed by atoms with van der Waals surface area (Å²) in [4.78, 5) is 12.7. The Morgan fingerprint density at radius 3 is 2.72 bits per heavy atom. The Morgan fingerprint density at radius 1 is 1.36 bits per heavy atom. The Balaban J connectivity index is 1.69. The van der Waals surface area contributed by atoms with Gasteiger partial charge in [-0.1, -0.05) is 6.07 Å². The van der Waals surface area contributed by atoms with E-state index in [0.29, 0.717) is 37.7 Å². The fourth-order valence-electron chi connectivity index (χ4n) is 2.99. The van der Waals surface area contributed by atoms with E-state index < -0.39 is 9.84 Å². The molecule has 1 atom stereocenters. The largest absolute Gasteiger partial charge is 0.495 e. The zero-order valence-corrected chi connectivity index (χ0v) is 14.8. The van der Waals surface area contributed by atoms with Gasteiger partial charge in [-0.2, -0.15) is 0 Å². The molecule has 8 heteroatoms. The van der Waals surface area contributed by atoms with Gasteiger partial charge in [0, 0.05) is 25.9 Å². The van der Waals surface area contributed by atoms with Crippen molar-refractivity contribution >= 4 is 21.4 Å². The molecule has 6 nitrogen and oxygen atoms in total. The number of carbonyl (C=O) groups excluding carboxylic acids is 1. The van der Waals surface area contributed by atoms with Crippen LogP contribution in [0.15, 0.2) is 30.0 Å². The molecule has 136 valence electrons. The normalized spacial score (nSPS) is 22.2. The molecule has 1 aromatic carbocycles. The SMILES string of the molecule is CC(=O)NCC1=CC(c2ccc(N3CCS(=O)(=O)CC3)c(F)c2)CO1. The molecule has 0 radical (unpaired) electrons. The average molecular weight is 368 g/mol. The van der Waals surface area contributed by atoms with E-state index in [9.17, 15) is 17.6 Å². The topological polar surface area (TPSA) is 75.7 Å². The van der Waals surface area contributed by atoms with E-state index in [-0.39, 0.29) is 29.1 Å². The third-order valence-corrected chi connectivity index (χ3v) is 6.04. The van der Waals surface area contributed by atoms with Crippen LogP contribution in [0.25, 0.3) is 0 Å². The van der Waals surface area contributed by atoms with Crippen LogP contribution >= 0.6 is 0 Å². The van der Waals surface area contributed by atoms with E-state index in [2.05, 4.69) is 5.32 Å². The maximum atomic E-state index is 14.5. The number of anilines is 1. The smallest absolute Gasteiger partial charge is 0.217 e. The van der Waals surface area contributed by atoms with Gasteiger partial charge in [-0.15, -0.1) is 0 Å². The Bertz CT molecular complexity index is 793. The first-order valence-corrected chi connectivity index (χ1v) is 9.99. The first kappa shape index (κ1) is 17.7. The molecule has 1 fully saturated rings. The lowest BCUT2D eigenvalue weighted by Gasteiger charge is -2.29. The quantitative estimate of drug-likeness (QED) is 0.864. The van der Waals surface area contributed by atoms with Gasteiger partial charge >= 0.3 is 0 Å². The van der Waals surface area contributed by atoms with Crippen LogP contribution in [0.2, 0.25) is 0 Å². The molecule has 0 saturated carbocycles. The summed E-state index contributed by atoms with van der Waals surface area (Å²) in [5, 5.41) is 2.67. The van der Waals surface area contributed by atoms with E-state index >= 15 is 0 Å². The zero-order chi connectivity index (χ0) is 18.0. The van der Waals surface area contributed by atoms with Crippen LogP contribution < -0.4 is 10.2 Å². The van der Waals surface area contributed by atoms with Crippen LogP contribution in [0.4, 0.5) is 10.1 Å². The number of rotatable bonds is 4. The summed E-state index contributed by atoms with van der Waals surface area (Å²) in [7, 11) is -2.99. The molecule has 0 aromatic heterocycles. The van der Waals surface area contributed by atoms with Crippen molar-refractivity contribution in [1.29, 1.82) is 0 Å². The van der Waals surface area contributed by atoms with Crippen LogP contribution in [0.5, 0.6) is 0 Å². The lowest BCUT2D eigenvalue weighted by Crippen LogP contribution is -2.40. The van der Waals surface area contributed by atoms with E-state index in [0.717, 1.165) is 5.56 Å². The van der Waals surface area contributed by atoms with Crippen molar-refractivity contribution in [1.82, 2.24) is 5.32 Å². The summed E-state index contributed by atoms with van der Waals surface area (Å²) in [5.41, 5.74) is 1.23. The van der Waals surface area contributed by atoms with Crippen LogP contribution in [0.3, 0.4) is 0 Å². The van der Waals surface area contributed by atoms with Gasteiger partial charge < -0.3 is 15.0 Å². The van der Waals surface area contributed by atoms with Crippen molar-refractivity contribution in [3.63, 3.8) is 0 Å². The van der Waals surface area contributed by atoms with Crippen LogP contribution in [-0.4, -0.2) is 52.1 Å². The molecule has 25 heavy (non-hydrogen) atoms. The molecule has 3 rings (SSSR count). The van der Waals surface area contributed by atoms with Crippen LogP contribution in [0, 0.1) is 5.82 Å². The third-order valence-electron chi connectivity index (χ3n) is 4.43. The van der Waals surface area contributed by atoms with E-state index in [4.69, 9.17) is 4.74 Å². The Morgan fingerprint density at radius 2 is 2.08 bits per heavy atom. The second-order valence-corrected chi connectivity index (χ2v) is 8.61. The van der Waals surface area contributed by atoms with E-state index in [1.807, 2.05) is 12.1 Å². The molecule has 0 aliphatic carbocycles. The molecule has 2 aliphatic heterocycles. The van der Waals surface area contributed by atoms with Gasteiger partial charge in [0.2, 0.25) is 5.91 Å². The van der Waals surface area contributed by atoms with Crippen molar-refractivity contribution in [2.24, 2.45) is 0 Å². The highest BCUT2D eigenvalue weighted by molar-refractivity contribution is 7.91. The summed E-state index contributed by atoms with van der Waals surface area (Å²) in [6.45, 7) is 2.80. The molecule has 1 saturated heterocycles. The Hall–Kier alpha value is -2.09. The van der Waals surface area contributed by atoms with Crippen LogP contribution in [0.1, 0.15) is 18.4 Å². The number of halogens is 1. The number of hydrogen-bond donors (Lipinski definition) is 1. The average Bonchev–Trinajstić information content (AvgIpc) is 3.02. The lowest BCUT2D eigenvalue weighted by atomic mass is 9.99. The molecule has 1 N–H and O–H groups in total. The van der Waals surface area contributed by atoms with Gasteiger partial charge in [-0.25, -0.2) is 12.8 Å². The predicted molar refractivity (Wildman–Crippen MR) is 92.7 cm³/mol. The molecular weight excluding hydrogens is 347 g/mol. The van der Waals surface area contributed by atoms with Gasteiger partial charge in [0.1, 0.15) is 11.6 Å². The molecule has 2 heterocycles. The summed E-state index contributed by atoms with van der Waals surface area (Å²) in [5.74, 6) is 0.229. The summed E-state index contributed by atoms with van der Waals surface area (Å²) < 4.78 is 43.0. The number of hydrogen-bond acceptors (Lipinski definition) is 5. The maximum absolute atomic E-state index is 14.5. The maximum Gasteiger partial charge on any atom is 0.217 e. The molecule has 2 aliphatic rings. The number of nitrogens with one attached hydrogen (secondary N) is 1. The third kappa shape index (κ3) is 4.31. The molecular formula is C17H21FN2O4S. The first-order chi connectivity index (χ1) is 11.8. The minimum atomic E-state index is -2.99. The monoisotopic (exact) mass is 368 g/mol. The van der Waals surface area contributed by atoms with Gasteiger partial charge in [0.15, 0.2) is 9.84 Å². The van der Waals surface area contributed by atoms with Crippen molar-refractivity contribution in [3.05, 3.63) is 41.4 Å². The molecule has 0 bridgehead atoms. The van der Waals surface area contributed by atoms with E-state index in [1.165, 1.54) is 13.0 Å². The summed E-state index contributed by atoms with van der Waals surface area (Å²) in [6, 6.07) is 5.01. The summed E-state index contributed by atoms with van der Waals surface area (Å²) in [6.07, 6.45) is 1.89. The van der Waals surface area contributed by atoms with Crippen molar-refractivity contribution < 1.29 is 22.3 Å². The predicted octanol–water partition coefficient (Wildman–Crippen LogP) is 1.19. The number of sulfone groups is 1. The number of ether oxygens (including phenoxy) is 1. The van der Waals surface area contributed by atoms with Gasteiger partial charge in [-0.3, -0.25) is 4.79 Å². The fourth-order valence-corrected chi connectivity index (χ4v) is 4.20. The molecule has 1 unspecified atom stereocenters. The standard InChI is InChI=1S/C17H21FN2O4S/c1-12(21)19-10-15-8-14(11-24-15)13-2-3-17(16(18)9-13)20-4-6-25(22,23)7-5-20/h2-3,8-9,14H,4-7,10-11H2,1H3,(H,19,21). The zero-order valence-electron chi connectivity index (χ0n) is 14.0. The Labute approximate surface area is 146 Å². The summed E-state index contributed by atoms with van der Waals surface area (Å²) >= 11 is 0. The minimum absolute atomic E-state index is 0.0555. The number of amides is 1. The first-order valence-electron chi connectivity index (χ1n) is 8.17. The number of benzene rings is 1. The van der Waals surface area contributed by atoms with Gasteiger partial charge in [-0.05, 0) is 23.8 Å². The van der Waals surface area contributed by atoms with E-state index in [1.54, 1.807) is 11.0 Å². The highest BCUT2D eigenvalue weighted by atomic mass is 32.2. The number of nitrogens with zero attached hydrogens (tertiary/aromatic N) is 1. The second-order valence-electron chi connectivity index (χ2n) is 6.31. The van der Waals surface area contributed by atoms with Crippen molar-refractivity contribution in [2.75, 3.05) is 42.6 Å². The van der Waals surface area contributed by atoms with Gasteiger partial charge in [0.05, 0.1) is 30.3 Å². The molecule has 1 aromatic rings. The van der Waals surface area contributed by atoms with Gasteiger partial charge in [0.25, 0.3) is 0 Å². The fraction of sp³-hybridized carbons (Fsp3) is 0.471. The van der Waals surface area contributed by atoms with Crippen molar-refractivity contribution in [2.45, 2.75) is 12.8 Å². The highest BCUT2D eigenvalue weighted by Crippen LogP contribution is 2.30.